The summed E-state index contributed by atoms with van der Waals surface area (Å²) in [5.41, 5.74) is 2.18. The fraction of sp³-hybridized carbons (Fsp3) is 0.432. The molecule has 1 aliphatic carbocycles. The summed E-state index contributed by atoms with van der Waals surface area (Å²) in [5, 5.41) is 13.3. The number of hydrogen-bond acceptors (Lipinski definition) is 8. The van der Waals surface area contributed by atoms with Gasteiger partial charge >= 0.3 is 18.1 Å². The van der Waals surface area contributed by atoms with Crippen LogP contribution in [0.15, 0.2) is 66.7 Å². The first kappa shape index (κ1) is 33.8. The molecule has 2 aromatic carbocycles. The second-order valence-corrected chi connectivity index (χ2v) is 12.7. The molecule has 12 heteroatoms. The Balaban J connectivity index is 1.35. The Morgan fingerprint density at radius 1 is 1.04 bits per heavy atom. The zero-order valence-electron chi connectivity index (χ0n) is 27.7. The molecule has 12 nitrogen and oxygen atoms in total. The van der Waals surface area contributed by atoms with Crippen molar-refractivity contribution in [3.8, 4) is 22.8 Å². The number of amides is 4. The van der Waals surface area contributed by atoms with Gasteiger partial charge in [-0.3, -0.25) is 4.79 Å². The molecule has 5 unspecified atom stereocenters. The third-order valence-electron chi connectivity index (χ3n) is 9.33. The van der Waals surface area contributed by atoms with Crippen molar-refractivity contribution in [3.63, 3.8) is 0 Å². The van der Waals surface area contributed by atoms with Crippen LogP contribution in [0.25, 0.3) is 22.2 Å². The smallest absolute Gasteiger partial charge is 0.416 e. The highest BCUT2D eigenvalue weighted by molar-refractivity contribution is 5.98. The molecule has 3 aromatic rings. The summed E-state index contributed by atoms with van der Waals surface area (Å²) < 4.78 is 17.4. The van der Waals surface area contributed by atoms with Crippen molar-refractivity contribution in [2.75, 3.05) is 20.3 Å². The number of carbonyl (C=O) groups is 4. The molecule has 4 amide bonds. The number of methoxy groups -OCH3 is 1. The van der Waals surface area contributed by atoms with Crippen LogP contribution >= 0.6 is 0 Å². The van der Waals surface area contributed by atoms with Crippen molar-refractivity contribution in [2.45, 2.75) is 76.1 Å². The highest BCUT2D eigenvalue weighted by Crippen LogP contribution is 2.40. The van der Waals surface area contributed by atoms with Crippen molar-refractivity contribution >= 4 is 34.9 Å². The first-order chi connectivity index (χ1) is 23.8. The maximum atomic E-state index is 14.3. The third-order valence-corrected chi connectivity index (χ3v) is 9.33. The van der Waals surface area contributed by atoms with Crippen LogP contribution in [0.5, 0.6) is 11.5 Å². The van der Waals surface area contributed by atoms with Gasteiger partial charge in [0.15, 0.2) is 0 Å². The molecule has 258 valence electrons. The van der Waals surface area contributed by atoms with E-state index in [4.69, 9.17) is 19.2 Å². The number of allylic oxidation sites excluding steroid dienone is 1. The predicted octanol–water partition coefficient (Wildman–Crippen LogP) is 5.79. The third kappa shape index (κ3) is 7.63. The van der Waals surface area contributed by atoms with E-state index in [-0.39, 0.29) is 38.0 Å². The maximum absolute atomic E-state index is 14.3. The second kappa shape index (κ2) is 15.0. The standard InChI is InChI=1S/C37H42N4O8/c1-3-48-37(46)41-31-18-24(31)14-8-5-4-6-11-15-28(35(43)44)39-36(45)40-22-26(20-32(40)34(41)42)49-33-21-29(23-12-9-7-10-13-23)38-30-19-25(47-2)16-17-27(30)33/h7-10,12-14,16-17,19,21,24,26,28,31-32H,3-6,11,15,18,20,22H2,1-2H3,(H,39,45)(H,43,44). The molecule has 3 heterocycles. The number of carbonyl (C=O) groups excluding carboxylic acids is 3. The Morgan fingerprint density at radius 2 is 1.86 bits per heavy atom. The van der Waals surface area contributed by atoms with Gasteiger partial charge in [0.25, 0.3) is 5.91 Å². The van der Waals surface area contributed by atoms with Gasteiger partial charge in [-0.1, -0.05) is 55.3 Å². The number of aliphatic carboxylic acids is 1. The highest BCUT2D eigenvalue weighted by atomic mass is 16.6. The highest BCUT2D eigenvalue weighted by Gasteiger charge is 2.51. The molecule has 0 radical (unpaired) electrons. The molecule has 1 saturated heterocycles. The molecule has 3 aliphatic rings. The minimum atomic E-state index is -1.15. The average molecular weight is 671 g/mol. The average Bonchev–Trinajstić information content (AvgIpc) is 3.72. The van der Waals surface area contributed by atoms with E-state index in [0.29, 0.717) is 40.9 Å². The van der Waals surface area contributed by atoms with E-state index in [2.05, 4.69) is 11.4 Å². The Kier molecular flexibility index (Phi) is 10.3. The van der Waals surface area contributed by atoms with Gasteiger partial charge in [-0.25, -0.2) is 24.3 Å². The number of carboxylic acids is 1. The SMILES string of the molecule is CCOC(=O)N1C(=O)C2CC(Oc3cc(-c4ccccc4)nc4cc(OC)ccc34)CN2C(=O)NC(C(=O)O)CCCCCC=CC2CC21. The summed E-state index contributed by atoms with van der Waals surface area (Å²) in [5.74, 6) is -0.591. The van der Waals surface area contributed by atoms with Crippen LogP contribution in [-0.2, 0) is 14.3 Å². The number of rotatable bonds is 6. The van der Waals surface area contributed by atoms with Gasteiger partial charge in [-0.15, -0.1) is 0 Å². The second-order valence-electron chi connectivity index (χ2n) is 12.7. The fourth-order valence-electron chi connectivity index (χ4n) is 6.67. The monoisotopic (exact) mass is 670 g/mol. The van der Waals surface area contributed by atoms with Gasteiger partial charge in [0, 0.05) is 29.5 Å². The number of benzene rings is 2. The van der Waals surface area contributed by atoms with Crippen molar-refractivity contribution in [2.24, 2.45) is 5.92 Å². The number of ether oxygens (including phenoxy) is 3. The predicted molar refractivity (Wildman–Crippen MR) is 181 cm³/mol. The van der Waals surface area contributed by atoms with Crippen molar-refractivity contribution in [1.82, 2.24) is 20.1 Å². The van der Waals surface area contributed by atoms with Crippen LogP contribution in [0.4, 0.5) is 9.59 Å². The number of carboxylic acid groups (broad SMARTS) is 1. The molecule has 2 aliphatic heterocycles. The lowest BCUT2D eigenvalue weighted by atomic mass is 10.1. The van der Waals surface area contributed by atoms with E-state index in [1.54, 1.807) is 20.1 Å². The number of nitrogens with zero attached hydrogens (tertiary/aromatic N) is 3. The lowest BCUT2D eigenvalue weighted by Crippen LogP contribution is -2.55. The van der Waals surface area contributed by atoms with Crippen molar-refractivity contribution in [3.05, 3.63) is 66.7 Å². The Labute approximate surface area is 285 Å². The van der Waals surface area contributed by atoms with Gasteiger partial charge in [0.1, 0.15) is 29.7 Å². The largest absolute Gasteiger partial charge is 0.497 e. The Bertz CT molecular complexity index is 1730. The van der Waals surface area contributed by atoms with E-state index in [0.717, 1.165) is 29.7 Å². The van der Waals surface area contributed by atoms with E-state index >= 15 is 0 Å². The molecule has 0 spiro atoms. The van der Waals surface area contributed by atoms with Gasteiger partial charge in [-0.05, 0) is 50.7 Å². The lowest BCUT2D eigenvalue weighted by Gasteiger charge is -2.29. The molecule has 0 bridgehead atoms. The van der Waals surface area contributed by atoms with E-state index in [1.807, 2.05) is 54.6 Å². The Hall–Kier alpha value is -5.13. The normalized spacial score (nSPS) is 24.5. The molecular weight excluding hydrogens is 628 g/mol. The summed E-state index contributed by atoms with van der Waals surface area (Å²) in [7, 11) is 1.58. The number of pyridine rings is 1. The quantitative estimate of drug-likeness (QED) is 0.311. The zero-order valence-corrected chi connectivity index (χ0v) is 27.7. The number of hydrogen-bond donors (Lipinski definition) is 2. The first-order valence-corrected chi connectivity index (χ1v) is 16.9. The van der Waals surface area contributed by atoms with Crippen LogP contribution in [0.1, 0.15) is 51.9 Å². The summed E-state index contributed by atoms with van der Waals surface area (Å²) >= 11 is 0. The van der Waals surface area contributed by atoms with Gasteiger partial charge in [-0.2, -0.15) is 0 Å². The molecule has 1 saturated carbocycles. The van der Waals surface area contributed by atoms with Crippen LogP contribution < -0.4 is 14.8 Å². The maximum Gasteiger partial charge on any atom is 0.416 e. The molecule has 49 heavy (non-hydrogen) atoms. The van der Waals surface area contributed by atoms with Crippen molar-refractivity contribution < 1.29 is 38.5 Å². The summed E-state index contributed by atoms with van der Waals surface area (Å²) in [6.45, 7) is 1.74. The topological polar surface area (TPSA) is 148 Å². The van der Waals surface area contributed by atoms with E-state index in [9.17, 15) is 24.3 Å². The minimum absolute atomic E-state index is 0.00459. The van der Waals surface area contributed by atoms with Crippen LogP contribution in [-0.4, -0.2) is 88.4 Å². The zero-order chi connectivity index (χ0) is 34.5. The number of aromatic nitrogens is 1. The molecule has 6 rings (SSSR count). The summed E-state index contributed by atoms with van der Waals surface area (Å²) in [6, 6.07) is 13.6. The number of fused-ring (bicyclic) bond motifs is 3. The number of imide groups is 1. The Morgan fingerprint density at radius 3 is 2.61 bits per heavy atom. The lowest BCUT2D eigenvalue weighted by molar-refractivity contribution is -0.139. The molecule has 2 N–H and O–H groups in total. The van der Waals surface area contributed by atoms with Gasteiger partial charge in [0.2, 0.25) is 0 Å². The van der Waals surface area contributed by atoms with Crippen LogP contribution in [0, 0.1) is 5.92 Å². The fourth-order valence-corrected chi connectivity index (χ4v) is 6.67. The van der Waals surface area contributed by atoms with Crippen LogP contribution in [0.3, 0.4) is 0 Å². The van der Waals surface area contributed by atoms with E-state index < -0.39 is 42.2 Å². The number of urea groups is 1. The molecule has 1 aromatic heterocycles. The van der Waals surface area contributed by atoms with E-state index in [1.165, 1.54) is 4.90 Å². The number of nitrogens with one attached hydrogen (secondary N) is 1. The van der Waals surface area contributed by atoms with Crippen LogP contribution in [0.2, 0.25) is 0 Å². The molecule has 2 fully saturated rings. The first-order valence-electron chi connectivity index (χ1n) is 16.9. The minimum Gasteiger partial charge on any atom is -0.497 e. The molecule has 5 atom stereocenters. The van der Waals surface area contributed by atoms with Gasteiger partial charge < -0.3 is 29.5 Å². The van der Waals surface area contributed by atoms with Crippen molar-refractivity contribution in [1.29, 1.82) is 0 Å². The van der Waals surface area contributed by atoms with Gasteiger partial charge in [0.05, 0.1) is 37.5 Å². The molecular formula is C37H42N4O8. The summed E-state index contributed by atoms with van der Waals surface area (Å²) in [6.07, 6.45) is 6.72. The summed E-state index contributed by atoms with van der Waals surface area (Å²) in [4.78, 5) is 60.9.